The number of hydrogen-bond donors (Lipinski definition) is 2. The quantitative estimate of drug-likeness (QED) is 0.288. The van der Waals surface area contributed by atoms with Gasteiger partial charge in [0.05, 0.1) is 16.0 Å². The van der Waals surface area contributed by atoms with Crippen LogP contribution in [0.5, 0.6) is 0 Å². The molecule has 0 atom stereocenters. The monoisotopic (exact) mass is 453 g/mol. The second-order valence-electron chi connectivity index (χ2n) is 6.94. The van der Waals surface area contributed by atoms with Gasteiger partial charge in [-0.25, -0.2) is 13.6 Å². The predicted molar refractivity (Wildman–Crippen MR) is 125 cm³/mol. The van der Waals surface area contributed by atoms with E-state index < -0.39 is 20.6 Å². The second kappa shape index (κ2) is 10.0. The normalized spacial score (nSPS) is 11.4. The Labute approximate surface area is 186 Å². The highest BCUT2D eigenvalue weighted by Gasteiger charge is 2.18. The highest BCUT2D eigenvalue weighted by Crippen LogP contribution is 2.27. The van der Waals surface area contributed by atoms with Crippen LogP contribution >= 0.6 is 0 Å². The van der Waals surface area contributed by atoms with Gasteiger partial charge in [-0.05, 0) is 42.3 Å². The van der Waals surface area contributed by atoms with Crippen molar-refractivity contribution >= 4 is 33.3 Å². The van der Waals surface area contributed by atoms with E-state index in [1.165, 1.54) is 23.9 Å². The minimum absolute atomic E-state index is 0.0512. The van der Waals surface area contributed by atoms with Crippen LogP contribution in [0.15, 0.2) is 82.8 Å². The van der Waals surface area contributed by atoms with E-state index in [2.05, 4.69) is 34.5 Å². The van der Waals surface area contributed by atoms with Crippen LogP contribution in [-0.4, -0.2) is 26.1 Å². The van der Waals surface area contributed by atoms with E-state index in [9.17, 15) is 18.5 Å². The molecule has 166 valence electrons. The molecule has 3 aromatic carbocycles. The molecule has 0 fully saturated rings. The summed E-state index contributed by atoms with van der Waals surface area (Å²) < 4.78 is 22.8. The molecular formula is C22H23N5O4S. The van der Waals surface area contributed by atoms with Crippen molar-refractivity contribution in [3.05, 3.63) is 94.0 Å². The van der Waals surface area contributed by atoms with E-state index in [0.29, 0.717) is 0 Å². The fraction of sp³-hybridized carbons (Fsp3) is 0.136. The smallest absolute Gasteiger partial charge is 0.295 e. The van der Waals surface area contributed by atoms with Crippen LogP contribution < -0.4 is 15.5 Å². The lowest BCUT2D eigenvalue weighted by Crippen LogP contribution is -2.21. The van der Waals surface area contributed by atoms with Crippen LogP contribution in [0, 0.1) is 10.1 Å². The summed E-state index contributed by atoms with van der Waals surface area (Å²) in [6.07, 6.45) is 1.52. The van der Waals surface area contributed by atoms with Crippen LogP contribution in [0.1, 0.15) is 18.1 Å². The molecule has 0 saturated carbocycles. The third-order valence-electron chi connectivity index (χ3n) is 4.75. The highest BCUT2D eigenvalue weighted by atomic mass is 32.2. The molecule has 32 heavy (non-hydrogen) atoms. The Hall–Kier alpha value is -3.76. The summed E-state index contributed by atoms with van der Waals surface area (Å²) in [6, 6.07) is 21.3. The number of anilines is 2. The average molecular weight is 454 g/mol. The van der Waals surface area contributed by atoms with Crippen LogP contribution in [0.3, 0.4) is 0 Å². The molecule has 0 amide bonds. The van der Waals surface area contributed by atoms with Crippen molar-refractivity contribution in [2.75, 3.05) is 16.9 Å². The topological polar surface area (TPSA) is 131 Å². The fourth-order valence-corrected chi connectivity index (χ4v) is 3.60. The number of benzene rings is 3. The zero-order valence-corrected chi connectivity index (χ0v) is 18.2. The SMILES string of the molecule is CCN(Cc1ccccc1)c1ccc(C=NNc2ccc(S(N)(=O)=O)cc2[N+](=O)[O-])cc1. The predicted octanol–water partition coefficient (Wildman–Crippen LogP) is 3.71. The van der Waals surface area contributed by atoms with Crippen molar-refractivity contribution in [3.63, 3.8) is 0 Å². The molecule has 0 spiro atoms. The van der Waals surface area contributed by atoms with Gasteiger partial charge in [0.15, 0.2) is 0 Å². The Balaban J connectivity index is 1.70. The third kappa shape index (κ3) is 5.90. The highest BCUT2D eigenvalue weighted by molar-refractivity contribution is 7.89. The van der Waals surface area contributed by atoms with E-state index in [0.717, 1.165) is 30.4 Å². The molecule has 0 aliphatic rings. The standard InChI is InChI=1S/C22H23N5O4S/c1-2-26(16-18-6-4-3-5-7-18)19-10-8-17(9-11-19)15-24-25-21-13-12-20(32(23,30)31)14-22(21)27(28)29/h3-15,25H,2,16H2,1H3,(H2,23,30,31). The van der Waals surface area contributed by atoms with Crippen molar-refractivity contribution in [2.45, 2.75) is 18.4 Å². The maximum atomic E-state index is 11.4. The van der Waals surface area contributed by atoms with Gasteiger partial charge in [-0.1, -0.05) is 42.5 Å². The first-order valence-corrected chi connectivity index (χ1v) is 11.3. The molecule has 9 nitrogen and oxygen atoms in total. The van der Waals surface area contributed by atoms with E-state index in [1.807, 2.05) is 42.5 Å². The van der Waals surface area contributed by atoms with E-state index in [1.54, 1.807) is 0 Å². The van der Waals surface area contributed by atoms with Gasteiger partial charge in [0.25, 0.3) is 5.69 Å². The van der Waals surface area contributed by atoms with Crippen molar-refractivity contribution in [2.24, 2.45) is 10.2 Å². The minimum Gasteiger partial charge on any atom is -0.367 e. The summed E-state index contributed by atoms with van der Waals surface area (Å²) >= 11 is 0. The summed E-state index contributed by atoms with van der Waals surface area (Å²) in [6.45, 7) is 3.74. The van der Waals surface area contributed by atoms with E-state index in [-0.39, 0.29) is 10.6 Å². The molecule has 0 radical (unpaired) electrons. The summed E-state index contributed by atoms with van der Waals surface area (Å²) in [5.74, 6) is 0. The van der Waals surface area contributed by atoms with Crippen LogP contribution in [0.25, 0.3) is 0 Å². The lowest BCUT2D eigenvalue weighted by Gasteiger charge is -2.23. The van der Waals surface area contributed by atoms with Crippen LogP contribution in [-0.2, 0) is 16.6 Å². The van der Waals surface area contributed by atoms with Crippen LogP contribution in [0.2, 0.25) is 0 Å². The van der Waals surface area contributed by atoms with Crippen LogP contribution in [0.4, 0.5) is 17.1 Å². The third-order valence-corrected chi connectivity index (χ3v) is 5.66. The number of sulfonamides is 1. The second-order valence-corrected chi connectivity index (χ2v) is 8.50. The molecule has 0 heterocycles. The van der Waals surface area contributed by atoms with Crippen molar-refractivity contribution < 1.29 is 13.3 Å². The Morgan fingerprint density at radius 2 is 1.78 bits per heavy atom. The number of nitro groups is 1. The van der Waals surface area contributed by atoms with Gasteiger partial charge in [-0.15, -0.1) is 0 Å². The number of hydrazone groups is 1. The maximum Gasteiger partial charge on any atom is 0.295 e. The molecule has 3 N–H and O–H groups in total. The fourth-order valence-electron chi connectivity index (χ4n) is 3.07. The van der Waals surface area contributed by atoms with E-state index >= 15 is 0 Å². The van der Waals surface area contributed by atoms with Gasteiger partial charge in [-0.2, -0.15) is 5.10 Å². The molecule has 0 aliphatic heterocycles. The molecule has 3 rings (SSSR count). The van der Waals surface area contributed by atoms with Gasteiger partial charge in [0, 0.05) is 24.8 Å². The zero-order chi connectivity index (χ0) is 23.1. The first-order chi connectivity index (χ1) is 15.3. The first kappa shape index (κ1) is 22.9. The number of primary sulfonamides is 1. The number of rotatable bonds is 9. The molecular weight excluding hydrogens is 430 g/mol. The summed E-state index contributed by atoms with van der Waals surface area (Å²) in [7, 11) is -4.05. The number of hydrogen-bond acceptors (Lipinski definition) is 7. The Bertz CT molecular complexity index is 1210. The van der Waals surface area contributed by atoms with E-state index in [4.69, 9.17) is 5.14 Å². The molecule has 0 unspecified atom stereocenters. The largest absolute Gasteiger partial charge is 0.367 e. The lowest BCUT2D eigenvalue weighted by atomic mass is 10.1. The van der Waals surface area contributed by atoms with Gasteiger partial charge < -0.3 is 4.90 Å². The molecule has 0 saturated heterocycles. The summed E-state index contributed by atoms with van der Waals surface area (Å²) in [4.78, 5) is 12.5. The maximum absolute atomic E-state index is 11.4. The number of nitro benzene ring substituents is 1. The number of nitrogens with two attached hydrogens (primary N) is 1. The zero-order valence-electron chi connectivity index (χ0n) is 17.4. The summed E-state index contributed by atoms with van der Waals surface area (Å²) in [5.41, 5.74) is 5.27. The first-order valence-electron chi connectivity index (χ1n) is 9.77. The van der Waals surface area contributed by atoms with Gasteiger partial charge in [0.1, 0.15) is 5.69 Å². The lowest BCUT2D eigenvalue weighted by molar-refractivity contribution is -0.384. The van der Waals surface area contributed by atoms with Crippen molar-refractivity contribution in [3.8, 4) is 0 Å². The molecule has 0 aromatic heterocycles. The Morgan fingerprint density at radius 3 is 2.38 bits per heavy atom. The number of nitrogens with zero attached hydrogens (tertiary/aromatic N) is 3. The Kier molecular flexibility index (Phi) is 7.18. The molecule has 3 aromatic rings. The Morgan fingerprint density at radius 1 is 1.09 bits per heavy atom. The molecule has 0 aliphatic carbocycles. The minimum atomic E-state index is -4.05. The van der Waals surface area contributed by atoms with Crippen molar-refractivity contribution in [1.29, 1.82) is 0 Å². The average Bonchev–Trinajstić information content (AvgIpc) is 2.78. The van der Waals surface area contributed by atoms with Gasteiger partial charge >= 0.3 is 0 Å². The van der Waals surface area contributed by atoms with Gasteiger partial charge in [-0.3, -0.25) is 15.5 Å². The molecule has 0 bridgehead atoms. The molecule has 10 heteroatoms. The number of nitrogens with one attached hydrogen (secondary N) is 1. The van der Waals surface area contributed by atoms with Gasteiger partial charge in [0.2, 0.25) is 10.0 Å². The van der Waals surface area contributed by atoms with Crippen molar-refractivity contribution in [1.82, 2.24) is 0 Å². The summed E-state index contributed by atoms with van der Waals surface area (Å²) in [5, 5.41) is 20.3.